The van der Waals surface area contributed by atoms with Crippen molar-refractivity contribution in [3.8, 4) is 11.4 Å². The van der Waals surface area contributed by atoms with Gasteiger partial charge in [-0.15, -0.1) is 11.3 Å². The van der Waals surface area contributed by atoms with E-state index >= 15 is 0 Å². The second kappa shape index (κ2) is 11.2. The van der Waals surface area contributed by atoms with Gasteiger partial charge in [0.1, 0.15) is 6.17 Å². The molecule has 0 aliphatic carbocycles. The molecule has 1 aliphatic heterocycles. The molecule has 5 heteroatoms. The average Bonchev–Trinajstić information content (AvgIpc) is 3.85. The van der Waals surface area contributed by atoms with Gasteiger partial charge in [0, 0.05) is 53.1 Å². The summed E-state index contributed by atoms with van der Waals surface area (Å²) in [5.74, 6) is 0. The molecule has 0 radical (unpaired) electrons. The summed E-state index contributed by atoms with van der Waals surface area (Å²) < 4.78 is 7.52. The van der Waals surface area contributed by atoms with Crippen LogP contribution < -0.4 is 10.6 Å². The van der Waals surface area contributed by atoms with E-state index in [-0.39, 0.29) is 12.2 Å². The van der Waals surface area contributed by atoms with Crippen molar-refractivity contribution in [1.82, 2.24) is 19.8 Å². The number of hydrogen-bond donors (Lipinski definition) is 2. The van der Waals surface area contributed by atoms with Gasteiger partial charge in [0.2, 0.25) is 0 Å². The van der Waals surface area contributed by atoms with E-state index in [9.17, 15) is 0 Å². The Hall–Kier alpha value is -6.14. The lowest BCUT2D eigenvalue weighted by Crippen LogP contribution is -2.37. The number of rotatable bonds is 4. The van der Waals surface area contributed by atoms with Crippen molar-refractivity contribution in [3.63, 3.8) is 0 Å². The minimum Gasteiger partial charge on any atom is -0.372 e. The van der Waals surface area contributed by atoms with Crippen LogP contribution in [0.3, 0.4) is 0 Å². The predicted molar refractivity (Wildman–Crippen MR) is 215 cm³/mol. The standard InChI is InChI=1S/C46H32N4S/c1-2-13-30(14-3-1)49-40-21-7-4-16-32(40)37-27-38-33-17-5-8-22-41(33)50(43(38)28-42(37)49)31-15-10-12-29(26-31)46-47-25-24-39(48-46)36-20-11-19-35-34-18-6-9-23-44(34)51-45(35)36/h1-28,39,46-48H. The van der Waals surface area contributed by atoms with E-state index in [0.717, 1.165) is 11.4 Å². The first kappa shape index (κ1) is 28.7. The molecule has 0 fully saturated rings. The van der Waals surface area contributed by atoms with Gasteiger partial charge in [0.25, 0.3) is 0 Å². The Labute approximate surface area is 298 Å². The Morgan fingerprint density at radius 3 is 1.88 bits per heavy atom. The fraction of sp³-hybridized carbons (Fsp3) is 0.0435. The molecule has 2 unspecified atom stereocenters. The van der Waals surface area contributed by atoms with Gasteiger partial charge in [0.15, 0.2) is 0 Å². The lowest BCUT2D eigenvalue weighted by atomic mass is 10.0. The average molecular weight is 673 g/mol. The lowest BCUT2D eigenvalue weighted by Gasteiger charge is -2.29. The molecular weight excluding hydrogens is 641 g/mol. The molecule has 0 amide bonds. The lowest BCUT2D eigenvalue weighted by molar-refractivity contribution is 0.434. The highest BCUT2D eigenvalue weighted by molar-refractivity contribution is 7.26. The van der Waals surface area contributed by atoms with Gasteiger partial charge in [-0.25, -0.2) is 0 Å². The van der Waals surface area contributed by atoms with Crippen LogP contribution in [0.4, 0.5) is 0 Å². The van der Waals surface area contributed by atoms with Crippen LogP contribution in [-0.2, 0) is 0 Å². The van der Waals surface area contributed by atoms with Crippen LogP contribution in [0.5, 0.6) is 0 Å². The van der Waals surface area contributed by atoms with Crippen molar-refractivity contribution in [2.75, 3.05) is 0 Å². The fourth-order valence-corrected chi connectivity index (χ4v) is 9.59. The van der Waals surface area contributed by atoms with Crippen molar-refractivity contribution < 1.29 is 0 Å². The number of benzene rings is 7. The second-order valence-electron chi connectivity index (χ2n) is 13.4. The molecule has 0 saturated carbocycles. The minimum atomic E-state index is -0.0509. The zero-order valence-electron chi connectivity index (χ0n) is 27.6. The van der Waals surface area contributed by atoms with E-state index in [2.05, 4.69) is 190 Å². The first-order valence-corrected chi connectivity index (χ1v) is 18.3. The van der Waals surface area contributed by atoms with E-state index in [1.165, 1.54) is 74.9 Å². The zero-order chi connectivity index (χ0) is 33.5. The van der Waals surface area contributed by atoms with Gasteiger partial charge in [0.05, 0.1) is 28.1 Å². The molecule has 0 spiro atoms. The summed E-state index contributed by atoms with van der Waals surface area (Å²) in [7, 11) is 0. The number of para-hydroxylation sites is 3. The van der Waals surface area contributed by atoms with Crippen LogP contribution in [-0.4, -0.2) is 9.13 Å². The number of nitrogens with zero attached hydrogens (tertiary/aromatic N) is 2. The van der Waals surface area contributed by atoms with Crippen LogP contribution >= 0.6 is 11.3 Å². The number of hydrogen-bond acceptors (Lipinski definition) is 3. The van der Waals surface area contributed by atoms with Gasteiger partial charge >= 0.3 is 0 Å². The monoisotopic (exact) mass is 672 g/mol. The molecule has 11 rings (SSSR count). The summed E-state index contributed by atoms with van der Waals surface area (Å²) in [6.07, 6.45) is 4.30. The Kier molecular flexibility index (Phi) is 6.29. The summed E-state index contributed by atoms with van der Waals surface area (Å²) in [6.45, 7) is 0. The number of fused-ring (bicyclic) bond motifs is 9. The summed E-state index contributed by atoms with van der Waals surface area (Å²) in [4.78, 5) is 0. The molecule has 242 valence electrons. The SMILES string of the molecule is C1=CC(c2cccc3c2sc2ccccc23)NC(c2cccc(-n3c4ccccc4c4cc5c6ccccc6n(-c6ccccc6)c5cc43)c2)N1. The molecule has 0 bridgehead atoms. The Morgan fingerprint density at radius 2 is 1.10 bits per heavy atom. The van der Waals surface area contributed by atoms with Crippen molar-refractivity contribution in [1.29, 1.82) is 0 Å². The first-order chi connectivity index (χ1) is 25.3. The highest BCUT2D eigenvalue weighted by atomic mass is 32.1. The van der Waals surface area contributed by atoms with E-state index in [4.69, 9.17) is 0 Å². The first-order valence-electron chi connectivity index (χ1n) is 17.5. The molecule has 7 aromatic carbocycles. The molecule has 4 nitrogen and oxygen atoms in total. The van der Waals surface area contributed by atoms with Crippen LogP contribution in [0.15, 0.2) is 170 Å². The van der Waals surface area contributed by atoms with Gasteiger partial charge in [-0.2, -0.15) is 0 Å². The maximum Gasteiger partial charge on any atom is 0.104 e. The molecule has 51 heavy (non-hydrogen) atoms. The van der Waals surface area contributed by atoms with E-state index in [1.807, 2.05) is 11.3 Å². The van der Waals surface area contributed by atoms with Crippen molar-refractivity contribution >= 4 is 75.1 Å². The largest absolute Gasteiger partial charge is 0.372 e. The van der Waals surface area contributed by atoms with Crippen LogP contribution in [0.2, 0.25) is 0 Å². The molecule has 1 aliphatic rings. The van der Waals surface area contributed by atoms with E-state index in [1.54, 1.807) is 0 Å². The second-order valence-corrected chi connectivity index (χ2v) is 14.5. The Balaban J connectivity index is 1.06. The predicted octanol–water partition coefficient (Wildman–Crippen LogP) is 11.7. The topological polar surface area (TPSA) is 33.9 Å². The minimum absolute atomic E-state index is 0.0509. The Bertz CT molecular complexity index is 3000. The number of thiophene rings is 1. The normalized spacial score (nSPS) is 16.2. The van der Waals surface area contributed by atoms with Crippen molar-refractivity contribution in [3.05, 3.63) is 181 Å². The molecule has 4 heterocycles. The van der Waals surface area contributed by atoms with E-state index < -0.39 is 0 Å². The molecule has 10 aromatic rings. The summed E-state index contributed by atoms with van der Waals surface area (Å²) >= 11 is 1.88. The molecule has 0 saturated heterocycles. The van der Waals surface area contributed by atoms with Gasteiger partial charge < -0.3 is 14.5 Å². The Morgan fingerprint density at radius 1 is 0.471 bits per heavy atom. The zero-order valence-corrected chi connectivity index (χ0v) is 28.4. The third kappa shape index (κ3) is 4.35. The van der Waals surface area contributed by atoms with Gasteiger partial charge in [-0.05, 0) is 78.0 Å². The van der Waals surface area contributed by atoms with Crippen molar-refractivity contribution in [2.45, 2.75) is 12.2 Å². The van der Waals surface area contributed by atoms with Crippen LogP contribution in [0, 0.1) is 0 Å². The quantitative estimate of drug-likeness (QED) is 0.195. The molecule has 3 aromatic heterocycles. The van der Waals surface area contributed by atoms with Crippen LogP contribution in [0.25, 0.3) is 75.2 Å². The number of aromatic nitrogens is 2. The molecule has 2 atom stereocenters. The maximum atomic E-state index is 3.93. The third-order valence-corrected chi connectivity index (χ3v) is 11.8. The smallest absolute Gasteiger partial charge is 0.104 e. The number of nitrogens with one attached hydrogen (secondary N) is 2. The summed E-state index contributed by atoms with van der Waals surface area (Å²) in [5.41, 5.74) is 9.62. The van der Waals surface area contributed by atoms with Gasteiger partial charge in [-0.3, -0.25) is 5.32 Å². The summed E-state index contributed by atoms with van der Waals surface area (Å²) in [5, 5.41) is 15.2. The highest BCUT2D eigenvalue weighted by Gasteiger charge is 2.23. The summed E-state index contributed by atoms with van der Waals surface area (Å²) in [6, 6.07) is 57.6. The van der Waals surface area contributed by atoms with Crippen molar-refractivity contribution in [2.24, 2.45) is 0 Å². The molecule has 2 N–H and O–H groups in total. The maximum absolute atomic E-state index is 3.93. The fourth-order valence-electron chi connectivity index (χ4n) is 8.34. The van der Waals surface area contributed by atoms with Crippen LogP contribution in [0.1, 0.15) is 23.3 Å². The van der Waals surface area contributed by atoms with E-state index in [0.29, 0.717) is 0 Å². The molecular formula is C46H32N4S. The van der Waals surface area contributed by atoms with Gasteiger partial charge in [-0.1, -0.05) is 103 Å². The third-order valence-electron chi connectivity index (χ3n) is 10.6. The highest BCUT2D eigenvalue weighted by Crippen LogP contribution is 2.41.